The van der Waals surface area contributed by atoms with Crippen LogP contribution in [0, 0.1) is 25.2 Å². The quantitative estimate of drug-likeness (QED) is 0.910. The molecule has 110 valence electrons. The van der Waals surface area contributed by atoms with Crippen LogP contribution in [0.5, 0.6) is 0 Å². The Morgan fingerprint density at radius 2 is 2.05 bits per heavy atom. The van der Waals surface area contributed by atoms with Gasteiger partial charge >= 0.3 is 0 Å². The zero-order chi connectivity index (χ0) is 15.8. The maximum absolute atomic E-state index is 12.4. The van der Waals surface area contributed by atoms with Crippen molar-refractivity contribution in [1.82, 2.24) is 4.57 Å². The predicted molar refractivity (Wildman–Crippen MR) is 85.9 cm³/mol. The van der Waals surface area contributed by atoms with E-state index in [1.807, 2.05) is 44.6 Å². The number of nitriles is 1. The lowest BCUT2D eigenvalue weighted by atomic mass is 10.1. The summed E-state index contributed by atoms with van der Waals surface area (Å²) < 4.78 is 1.91. The molecular formula is C16H19N3OS. The van der Waals surface area contributed by atoms with E-state index in [1.54, 1.807) is 23.6 Å². The zero-order valence-electron chi connectivity index (χ0n) is 12.9. The first-order chi connectivity index (χ1) is 9.74. The van der Waals surface area contributed by atoms with Gasteiger partial charge in [0.2, 0.25) is 0 Å². The van der Waals surface area contributed by atoms with E-state index in [2.05, 4.69) is 11.4 Å². The number of rotatable bonds is 2. The third-order valence-electron chi connectivity index (χ3n) is 3.44. The van der Waals surface area contributed by atoms with E-state index in [4.69, 9.17) is 5.26 Å². The normalized spacial score (nSPS) is 11.2. The number of thiophene rings is 1. The standard InChI is InChI=1S/C16H19N3OS/c1-10-11(2)21-9-13(10)15(20)18-14-6-12(7-17)8-19(14)16(3,4)5/h6,8-9H,1-5H3,(H,18,20). The molecule has 21 heavy (non-hydrogen) atoms. The van der Waals surface area contributed by atoms with Crippen molar-refractivity contribution in [3.05, 3.63) is 39.2 Å². The molecule has 2 aromatic rings. The molecule has 0 bridgehead atoms. The van der Waals surface area contributed by atoms with E-state index >= 15 is 0 Å². The Balaban J connectivity index is 2.36. The van der Waals surface area contributed by atoms with Gasteiger partial charge in [0.05, 0.1) is 11.1 Å². The monoisotopic (exact) mass is 301 g/mol. The lowest BCUT2D eigenvalue weighted by Gasteiger charge is -2.24. The molecule has 1 N–H and O–H groups in total. The SMILES string of the molecule is Cc1scc(C(=O)Nc2cc(C#N)cn2C(C)(C)C)c1C. The summed E-state index contributed by atoms with van der Waals surface area (Å²) in [5.41, 5.74) is 2.03. The average Bonchev–Trinajstić information content (AvgIpc) is 2.94. The van der Waals surface area contributed by atoms with Crippen LogP contribution in [-0.4, -0.2) is 10.5 Å². The number of hydrogen-bond donors (Lipinski definition) is 1. The molecule has 0 aliphatic heterocycles. The fourth-order valence-corrected chi connectivity index (χ4v) is 2.96. The van der Waals surface area contributed by atoms with E-state index in [0.29, 0.717) is 16.9 Å². The molecule has 0 unspecified atom stereocenters. The molecule has 0 atom stereocenters. The van der Waals surface area contributed by atoms with Crippen LogP contribution >= 0.6 is 11.3 Å². The predicted octanol–water partition coefficient (Wildman–Crippen LogP) is 4.05. The number of carbonyl (C=O) groups is 1. The number of amides is 1. The third-order valence-corrected chi connectivity index (χ3v) is 4.46. The van der Waals surface area contributed by atoms with Crippen molar-refractivity contribution in [3.8, 4) is 6.07 Å². The highest BCUT2D eigenvalue weighted by molar-refractivity contribution is 7.10. The molecule has 5 heteroatoms. The molecule has 0 spiro atoms. The molecule has 1 amide bonds. The van der Waals surface area contributed by atoms with Gasteiger partial charge in [-0.05, 0) is 46.2 Å². The van der Waals surface area contributed by atoms with Crippen molar-refractivity contribution in [3.63, 3.8) is 0 Å². The van der Waals surface area contributed by atoms with Gasteiger partial charge in [-0.15, -0.1) is 11.3 Å². The van der Waals surface area contributed by atoms with Crippen LogP contribution in [0.2, 0.25) is 0 Å². The lowest BCUT2D eigenvalue weighted by Crippen LogP contribution is -2.25. The van der Waals surface area contributed by atoms with Gasteiger partial charge in [-0.2, -0.15) is 5.26 Å². The fourth-order valence-electron chi connectivity index (χ4n) is 2.10. The summed E-state index contributed by atoms with van der Waals surface area (Å²) in [6.45, 7) is 10.0. The summed E-state index contributed by atoms with van der Waals surface area (Å²) in [6.07, 6.45) is 1.77. The van der Waals surface area contributed by atoms with Gasteiger partial charge in [0.1, 0.15) is 11.9 Å². The van der Waals surface area contributed by atoms with Crippen LogP contribution in [0.4, 0.5) is 5.82 Å². The van der Waals surface area contributed by atoms with Gasteiger partial charge in [-0.25, -0.2) is 0 Å². The fraction of sp³-hybridized carbons (Fsp3) is 0.375. The van der Waals surface area contributed by atoms with Crippen molar-refractivity contribution >= 4 is 23.1 Å². The van der Waals surface area contributed by atoms with E-state index in [0.717, 1.165) is 10.4 Å². The molecule has 2 heterocycles. The number of aromatic nitrogens is 1. The molecule has 2 aromatic heterocycles. The Hall–Kier alpha value is -2.06. The molecule has 4 nitrogen and oxygen atoms in total. The number of aryl methyl sites for hydroxylation is 1. The minimum Gasteiger partial charge on any atom is -0.328 e. The summed E-state index contributed by atoms with van der Waals surface area (Å²) >= 11 is 1.57. The number of nitrogens with one attached hydrogen (secondary N) is 1. The van der Waals surface area contributed by atoms with Crippen LogP contribution in [0.1, 0.15) is 47.1 Å². The molecule has 0 aliphatic rings. The van der Waals surface area contributed by atoms with Gasteiger partial charge in [0.25, 0.3) is 5.91 Å². The largest absolute Gasteiger partial charge is 0.328 e. The molecule has 2 rings (SSSR count). The van der Waals surface area contributed by atoms with Crippen molar-refractivity contribution < 1.29 is 4.79 Å². The number of hydrogen-bond acceptors (Lipinski definition) is 3. The summed E-state index contributed by atoms with van der Waals surface area (Å²) in [7, 11) is 0. The Kier molecular flexibility index (Phi) is 3.93. The minimum atomic E-state index is -0.211. The Morgan fingerprint density at radius 3 is 2.52 bits per heavy atom. The molecule has 0 aliphatic carbocycles. The van der Waals surface area contributed by atoms with E-state index in [9.17, 15) is 4.79 Å². The van der Waals surface area contributed by atoms with Crippen molar-refractivity contribution in [1.29, 1.82) is 5.26 Å². The van der Waals surface area contributed by atoms with Gasteiger partial charge in [0.15, 0.2) is 0 Å². The van der Waals surface area contributed by atoms with Crippen molar-refractivity contribution in [2.24, 2.45) is 0 Å². The molecule has 0 radical (unpaired) electrons. The summed E-state index contributed by atoms with van der Waals surface area (Å²) in [5.74, 6) is 0.511. The Labute approximate surface area is 129 Å². The van der Waals surface area contributed by atoms with E-state index in [-0.39, 0.29) is 11.4 Å². The van der Waals surface area contributed by atoms with Crippen LogP contribution in [-0.2, 0) is 5.54 Å². The molecule has 0 saturated carbocycles. The number of carbonyl (C=O) groups excluding carboxylic acids is 1. The second kappa shape index (κ2) is 5.38. The van der Waals surface area contributed by atoms with Gasteiger partial charge in [-0.3, -0.25) is 4.79 Å². The van der Waals surface area contributed by atoms with Crippen molar-refractivity contribution in [2.45, 2.75) is 40.2 Å². The Morgan fingerprint density at radius 1 is 1.38 bits per heavy atom. The summed E-state index contributed by atoms with van der Waals surface area (Å²) in [5, 5.41) is 13.9. The van der Waals surface area contributed by atoms with Gasteiger partial charge in [0, 0.05) is 22.0 Å². The minimum absolute atomic E-state index is 0.134. The van der Waals surface area contributed by atoms with E-state index in [1.165, 1.54) is 0 Å². The Bertz CT molecular complexity index is 726. The highest BCUT2D eigenvalue weighted by Crippen LogP contribution is 2.26. The maximum Gasteiger partial charge on any atom is 0.257 e. The van der Waals surface area contributed by atoms with Crippen molar-refractivity contribution in [2.75, 3.05) is 5.32 Å². The number of anilines is 1. The molecule has 0 fully saturated rings. The van der Waals surface area contributed by atoms with Crippen LogP contribution < -0.4 is 5.32 Å². The second-order valence-corrected chi connectivity index (χ2v) is 7.14. The van der Waals surface area contributed by atoms with Crippen LogP contribution in [0.25, 0.3) is 0 Å². The first kappa shape index (κ1) is 15.3. The summed E-state index contributed by atoms with van der Waals surface area (Å²) in [6, 6.07) is 3.82. The molecule has 0 aromatic carbocycles. The first-order valence-electron chi connectivity index (χ1n) is 6.73. The maximum atomic E-state index is 12.4. The molecular weight excluding hydrogens is 282 g/mol. The molecule has 0 saturated heterocycles. The van der Waals surface area contributed by atoms with Gasteiger partial charge < -0.3 is 9.88 Å². The van der Waals surface area contributed by atoms with Crippen LogP contribution in [0.3, 0.4) is 0 Å². The van der Waals surface area contributed by atoms with E-state index < -0.39 is 0 Å². The lowest BCUT2D eigenvalue weighted by molar-refractivity contribution is 0.102. The van der Waals surface area contributed by atoms with Gasteiger partial charge in [-0.1, -0.05) is 0 Å². The average molecular weight is 301 g/mol. The number of nitrogens with zero attached hydrogens (tertiary/aromatic N) is 2. The van der Waals surface area contributed by atoms with Crippen LogP contribution in [0.15, 0.2) is 17.6 Å². The first-order valence-corrected chi connectivity index (χ1v) is 7.61. The third kappa shape index (κ3) is 3.01. The highest BCUT2D eigenvalue weighted by atomic mass is 32.1. The highest BCUT2D eigenvalue weighted by Gasteiger charge is 2.20. The second-order valence-electron chi connectivity index (χ2n) is 6.05. The smallest absolute Gasteiger partial charge is 0.257 e. The summed E-state index contributed by atoms with van der Waals surface area (Å²) in [4.78, 5) is 13.6. The zero-order valence-corrected chi connectivity index (χ0v) is 13.8. The topological polar surface area (TPSA) is 57.8 Å².